The summed E-state index contributed by atoms with van der Waals surface area (Å²) in [6, 6.07) is 18.1. The average Bonchev–Trinajstić information content (AvgIpc) is 2.54. The van der Waals surface area contributed by atoms with E-state index in [9.17, 15) is 9.59 Å². The van der Waals surface area contributed by atoms with Gasteiger partial charge in [-0.1, -0.05) is 72.4 Å². The minimum absolute atomic E-state index is 0.141. The molecule has 4 heteroatoms. The van der Waals surface area contributed by atoms with E-state index in [1.54, 1.807) is 31.2 Å². The summed E-state index contributed by atoms with van der Waals surface area (Å²) < 4.78 is 5.08. The van der Waals surface area contributed by atoms with E-state index in [1.165, 1.54) is 0 Å². The molecule has 2 rings (SSSR count). The van der Waals surface area contributed by atoms with Gasteiger partial charge in [0.2, 0.25) is 5.12 Å². The molecular formula is C17H16O3S. The number of carbonyl (C=O) groups is 2. The lowest BCUT2D eigenvalue weighted by molar-refractivity contribution is -0.142. The number of thioether (sulfide) groups is 1. The largest absolute Gasteiger partial charge is 0.465 e. The highest BCUT2D eigenvalue weighted by Crippen LogP contribution is 2.32. The minimum Gasteiger partial charge on any atom is -0.465 e. The van der Waals surface area contributed by atoms with Crippen LogP contribution in [-0.4, -0.2) is 17.7 Å². The Morgan fingerprint density at radius 2 is 1.57 bits per heavy atom. The maximum absolute atomic E-state index is 12.3. The van der Waals surface area contributed by atoms with Crippen molar-refractivity contribution in [3.05, 3.63) is 71.8 Å². The Hall–Kier alpha value is -2.07. The normalized spacial score (nSPS) is 11.7. The quantitative estimate of drug-likeness (QED) is 0.786. The fourth-order valence-corrected chi connectivity index (χ4v) is 2.79. The number of hydrogen-bond donors (Lipinski definition) is 0. The number of ether oxygens (including phenoxy) is 1. The van der Waals surface area contributed by atoms with Crippen molar-refractivity contribution in [2.24, 2.45) is 0 Å². The predicted molar refractivity (Wildman–Crippen MR) is 84.2 cm³/mol. The molecule has 0 aliphatic rings. The summed E-state index contributed by atoms with van der Waals surface area (Å²) in [5.41, 5.74) is 1.35. The Balaban J connectivity index is 2.20. The highest BCUT2D eigenvalue weighted by molar-refractivity contribution is 8.14. The zero-order valence-electron chi connectivity index (χ0n) is 11.7. The molecule has 2 aromatic carbocycles. The molecule has 0 aliphatic heterocycles. The van der Waals surface area contributed by atoms with Crippen LogP contribution in [0.1, 0.15) is 28.1 Å². The molecular weight excluding hydrogens is 284 g/mol. The predicted octanol–water partition coefficient (Wildman–Crippen LogP) is 3.86. The summed E-state index contributed by atoms with van der Waals surface area (Å²) in [5.74, 6) is -0.391. The second kappa shape index (κ2) is 7.64. The van der Waals surface area contributed by atoms with Crippen LogP contribution in [-0.2, 0) is 9.53 Å². The highest BCUT2D eigenvalue weighted by atomic mass is 32.2. The topological polar surface area (TPSA) is 43.4 Å². The second-order valence-corrected chi connectivity index (χ2v) is 5.39. The van der Waals surface area contributed by atoms with Crippen molar-refractivity contribution >= 4 is 22.8 Å². The van der Waals surface area contributed by atoms with Gasteiger partial charge in [0.05, 0.1) is 6.61 Å². The Morgan fingerprint density at radius 1 is 1.00 bits per heavy atom. The number of benzene rings is 2. The first-order valence-corrected chi connectivity index (χ1v) is 7.58. The molecule has 0 saturated carbocycles. The minimum atomic E-state index is -0.640. The molecule has 1 atom stereocenters. The third kappa shape index (κ3) is 4.20. The molecule has 0 saturated heterocycles. The van der Waals surface area contributed by atoms with E-state index in [0.29, 0.717) is 12.2 Å². The molecule has 0 radical (unpaired) electrons. The molecule has 21 heavy (non-hydrogen) atoms. The lowest BCUT2D eigenvalue weighted by Gasteiger charge is -2.14. The molecule has 1 unspecified atom stereocenters. The highest BCUT2D eigenvalue weighted by Gasteiger charge is 2.26. The Bertz CT molecular complexity index is 596. The summed E-state index contributed by atoms with van der Waals surface area (Å²) in [6.07, 6.45) is 0. The number of rotatable bonds is 5. The van der Waals surface area contributed by atoms with E-state index in [4.69, 9.17) is 4.74 Å². The van der Waals surface area contributed by atoms with Crippen LogP contribution >= 0.6 is 11.8 Å². The van der Waals surface area contributed by atoms with Gasteiger partial charge in [-0.25, -0.2) is 0 Å². The van der Waals surface area contributed by atoms with Gasteiger partial charge in [-0.3, -0.25) is 9.59 Å². The Kier molecular flexibility index (Phi) is 5.58. The van der Waals surface area contributed by atoms with Crippen LogP contribution < -0.4 is 0 Å². The zero-order chi connectivity index (χ0) is 15.1. The molecule has 3 nitrogen and oxygen atoms in total. The van der Waals surface area contributed by atoms with Crippen molar-refractivity contribution in [1.82, 2.24) is 0 Å². The standard InChI is InChI=1S/C17H16O3S/c1-2-20-16(18)15(13-9-5-3-6-10-13)21-17(19)14-11-7-4-8-12-14/h3-12,15H,2H2,1H3. The summed E-state index contributed by atoms with van der Waals surface area (Å²) in [4.78, 5) is 24.4. The van der Waals surface area contributed by atoms with Gasteiger partial charge in [0.25, 0.3) is 0 Å². The van der Waals surface area contributed by atoms with Gasteiger partial charge < -0.3 is 4.74 Å². The number of hydrogen-bond acceptors (Lipinski definition) is 4. The van der Waals surface area contributed by atoms with E-state index >= 15 is 0 Å². The van der Waals surface area contributed by atoms with Gasteiger partial charge >= 0.3 is 5.97 Å². The fourth-order valence-electron chi connectivity index (χ4n) is 1.85. The van der Waals surface area contributed by atoms with Gasteiger partial charge in [-0.15, -0.1) is 0 Å². The van der Waals surface area contributed by atoms with Crippen LogP contribution in [0.2, 0.25) is 0 Å². The molecule has 0 spiro atoms. The van der Waals surface area contributed by atoms with Crippen molar-refractivity contribution in [2.75, 3.05) is 6.61 Å². The van der Waals surface area contributed by atoms with Crippen LogP contribution in [0.4, 0.5) is 0 Å². The number of carbonyl (C=O) groups excluding carboxylic acids is 2. The first-order valence-electron chi connectivity index (χ1n) is 6.70. The first-order chi connectivity index (χ1) is 10.2. The Morgan fingerprint density at radius 3 is 2.14 bits per heavy atom. The molecule has 0 aromatic heterocycles. The lowest BCUT2D eigenvalue weighted by Crippen LogP contribution is -2.15. The summed E-state index contributed by atoms with van der Waals surface area (Å²) in [6.45, 7) is 2.05. The fraction of sp³-hybridized carbons (Fsp3) is 0.176. The zero-order valence-corrected chi connectivity index (χ0v) is 12.5. The molecule has 2 aromatic rings. The van der Waals surface area contributed by atoms with Crippen LogP contribution in [0, 0.1) is 0 Å². The van der Waals surface area contributed by atoms with Gasteiger partial charge in [0, 0.05) is 5.56 Å². The SMILES string of the molecule is CCOC(=O)C(SC(=O)c1ccccc1)c1ccccc1. The van der Waals surface area contributed by atoms with Crippen molar-refractivity contribution in [1.29, 1.82) is 0 Å². The third-order valence-electron chi connectivity index (χ3n) is 2.84. The maximum atomic E-state index is 12.3. The molecule has 0 amide bonds. The molecule has 0 aliphatic carbocycles. The van der Waals surface area contributed by atoms with Gasteiger partial charge in [0.15, 0.2) is 0 Å². The van der Waals surface area contributed by atoms with Crippen molar-refractivity contribution in [3.8, 4) is 0 Å². The second-order valence-electron chi connectivity index (χ2n) is 4.31. The monoisotopic (exact) mass is 300 g/mol. The average molecular weight is 300 g/mol. The number of esters is 1. The third-order valence-corrected chi connectivity index (χ3v) is 3.99. The maximum Gasteiger partial charge on any atom is 0.324 e. The smallest absolute Gasteiger partial charge is 0.324 e. The molecule has 0 fully saturated rings. The van der Waals surface area contributed by atoms with E-state index < -0.39 is 11.2 Å². The first kappa shape index (κ1) is 15.3. The Labute approximate surface area is 128 Å². The molecule has 0 bridgehead atoms. The molecule has 0 heterocycles. The van der Waals surface area contributed by atoms with E-state index in [0.717, 1.165) is 17.3 Å². The van der Waals surface area contributed by atoms with Crippen LogP contribution in [0.3, 0.4) is 0 Å². The van der Waals surface area contributed by atoms with E-state index in [1.807, 2.05) is 36.4 Å². The summed E-state index contributed by atoms with van der Waals surface area (Å²) >= 11 is 0.986. The van der Waals surface area contributed by atoms with Gasteiger partial charge in [-0.2, -0.15) is 0 Å². The van der Waals surface area contributed by atoms with E-state index in [-0.39, 0.29) is 5.12 Å². The van der Waals surface area contributed by atoms with Crippen molar-refractivity contribution in [3.63, 3.8) is 0 Å². The van der Waals surface area contributed by atoms with Crippen molar-refractivity contribution < 1.29 is 14.3 Å². The molecule has 108 valence electrons. The van der Waals surface area contributed by atoms with Gasteiger partial charge in [0.1, 0.15) is 5.25 Å². The van der Waals surface area contributed by atoms with Crippen LogP contribution in [0.15, 0.2) is 60.7 Å². The summed E-state index contributed by atoms with van der Waals surface area (Å²) in [5, 5.41) is -0.781. The van der Waals surface area contributed by atoms with Crippen molar-refractivity contribution in [2.45, 2.75) is 12.2 Å². The molecule has 0 N–H and O–H groups in total. The van der Waals surface area contributed by atoms with Crippen LogP contribution in [0.25, 0.3) is 0 Å². The van der Waals surface area contributed by atoms with Gasteiger partial charge in [-0.05, 0) is 12.5 Å². The van der Waals surface area contributed by atoms with Crippen LogP contribution in [0.5, 0.6) is 0 Å². The van der Waals surface area contributed by atoms with E-state index in [2.05, 4.69) is 0 Å². The lowest BCUT2D eigenvalue weighted by atomic mass is 10.1. The summed E-state index contributed by atoms with van der Waals surface area (Å²) in [7, 11) is 0.